The van der Waals surface area contributed by atoms with Gasteiger partial charge in [-0.1, -0.05) is 32.3 Å². The first-order valence-corrected chi connectivity index (χ1v) is 6.55. The van der Waals surface area contributed by atoms with Crippen molar-refractivity contribution in [2.75, 3.05) is 0 Å². The van der Waals surface area contributed by atoms with Gasteiger partial charge in [-0.25, -0.2) is 0 Å². The molecule has 0 N–H and O–H groups in total. The minimum atomic E-state index is -0.757. The van der Waals surface area contributed by atoms with Crippen molar-refractivity contribution in [3.8, 4) is 0 Å². The van der Waals surface area contributed by atoms with Crippen LogP contribution in [0.3, 0.4) is 0 Å². The summed E-state index contributed by atoms with van der Waals surface area (Å²) in [4.78, 5) is 11.0. The highest BCUT2D eigenvalue weighted by molar-refractivity contribution is 6.60. The van der Waals surface area contributed by atoms with Gasteiger partial charge in [-0.3, -0.25) is 4.79 Å². The molecular formula is C8H14OSi. The number of carbonyl (C=O) groups is 1. The molecule has 0 bridgehead atoms. The Kier molecular flexibility index (Phi) is 3.96. The first-order valence-electron chi connectivity index (χ1n) is 3.42. The molecule has 2 heteroatoms. The molecule has 0 aliphatic carbocycles. The fraction of sp³-hybridized carbons (Fsp3) is 0.375. The van der Waals surface area contributed by atoms with Crippen molar-refractivity contribution in [2.24, 2.45) is 0 Å². The van der Waals surface area contributed by atoms with Crippen molar-refractivity contribution in [3.63, 3.8) is 0 Å². The van der Waals surface area contributed by atoms with Crippen molar-refractivity contribution < 1.29 is 4.79 Å². The van der Waals surface area contributed by atoms with Gasteiger partial charge in [0, 0.05) is 20.4 Å². The van der Waals surface area contributed by atoms with Crippen LogP contribution in [-0.4, -0.2) is 14.6 Å². The summed E-state index contributed by atoms with van der Waals surface area (Å²) < 4.78 is 0. The standard InChI is InChI=1S/C8H14OSi/c1-5-7(2)8(9)6-10(3)4/h5,10H,1-2,6H2,3-4H3. The van der Waals surface area contributed by atoms with E-state index >= 15 is 0 Å². The molecule has 0 aliphatic heterocycles. The minimum Gasteiger partial charge on any atom is -0.295 e. The van der Waals surface area contributed by atoms with Crippen LogP contribution in [0.5, 0.6) is 0 Å². The summed E-state index contributed by atoms with van der Waals surface area (Å²) in [5.74, 6) is 0.164. The Hall–Kier alpha value is -0.633. The van der Waals surface area contributed by atoms with Gasteiger partial charge in [-0.15, -0.1) is 0 Å². The van der Waals surface area contributed by atoms with E-state index in [0.717, 1.165) is 0 Å². The minimum absolute atomic E-state index is 0.164. The number of rotatable bonds is 4. The first-order chi connectivity index (χ1) is 4.57. The van der Waals surface area contributed by atoms with Gasteiger partial charge in [0.1, 0.15) is 0 Å². The van der Waals surface area contributed by atoms with Crippen molar-refractivity contribution in [1.29, 1.82) is 0 Å². The summed E-state index contributed by atoms with van der Waals surface area (Å²) in [6.45, 7) is 11.4. The van der Waals surface area contributed by atoms with Gasteiger partial charge in [0.15, 0.2) is 5.78 Å². The van der Waals surface area contributed by atoms with E-state index in [1.807, 2.05) is 0 Å². The third-order valence-corrected chi connectivity index (χ3v) is 2.39. The van der Waals surface area contributed by atoms with E-state index in [0.29, 0.717) is 11.6 Å². The number of Topliss-reactive ketones (excluding diaryl/α,β-unsaturated/α-hetero) is 1. The molecule has 0 unspecified atom stereocenters. The van der Waals surface area contributed by atoms with Crippen LogP contribution in [0.15, 0.2) is 24.8 Å². The Morgan fingerprint density at radius 1 is 1.60 bits per heavy atom. The van der Waals surface area contributed by atoms with Crippen molar-refractivity contribution in [1.82, 2.24) is 0 Å². The Bertz CT molecular complexity index is 159. The molecule has 0 heterocycles. The third kappa shape index (κ3) is 3.40. The molecule has 0 aromatic rings. The maximum Gasteiger partial charge on any atom is 0.159 e. The van der Waals surface area contributed by atoms with Gasteiger partial charge in [-0.2, -0.15) is 0 Å². The lowest BCUT2D eigenvalue weighted by Crippen LogP contribution is -2.09. The maximum atomic E-state index is 11.0. The molecule has 0 aromatic heterocycles. The van der Waals surface area contributed by atoms with Crippen LogP contribution in [0.2, 0.25) is 19.1 Å². The summed E-state index contributed by atoms with van der Waals surface area (Å²) in [6.07, 6.45) is 1.53. The number of carbonyl (C=O) groups excluding carboxylic acids is 1. The lowest BCUT2D eigenvalue weighted by atomic mass is 10.2. The van der Waals surface area contributed by atoms with E-state index < -0.39 is 8.80 Å². The zero-order chi connectivity index (χ0) is 8.15. The number of hydrogen-bond donors (Lipinski definition) is 0. The van der Waals surface area contributed by atoms with E-state index in [1.54, 1.807) is 0 Å². The number of ketones is 1. The largest absolute Gasteiger partial charge is 0.295 e. The fourth-order valence-corrected chi connectivity index (χ4v) is 1.62. The highest BCUT2D eigenvalue weighted by atomic mass is 28.3. The molecule has 0 atom stereocenters. The van der Waals surface area contributed by atoms with Crippen molar-refractivity contribution in [2.45, 2.75) is 19.1 Å². The molecule has 0 fully saturated rings. The van der Waals surface area contributed by atoms with E-state index in [2.05, 4.69) is 26.3 Å². The Labute approximate surface area is 64.1 Å². The average molecular weight is 154 g/mol. The molecule has 0 spiro atoms. The normalized spacial score (nSPS) is 9.50. The lowest BCUT2D eigenvalue weighted by molar-refractivity contribution is -0.113. The third-order valence-electron chi connectivity index (χ3n) is 1.20. The molecule has 0 aliphatic rings. The van der Waals surface area contributed by atoms with Gasteiger partial charge >= 0.3 is 0 Å². The Morgan fingerprint density at radius 2 is 2.10 bits per heavy atom. The second-order valence-electron chi connectivity index (χ2n) is 2.75. The van der Waals surface area contributed by atoms with E-state index in [4.69, 9.17) is 0 Å². The summed E-state index contributed by atoms with van der Waals surface area (Å²) in [5, 5.41) is 0. The lowest BCUT2D eigenvalue weighted by Gasteiger charge is -2.00. The Balaban J connectivity index is 3.85. The average Bonchev–Trinajstić information content (AvgIpc) is 1.85. The molecule has 0 saturated carbocycles. The topological polar surface area (TPSA) is 17.1 Å². The van der Waals surface area contributed by atoms with Gasteiger partial charge in [-0.05, 0) is 0 Å². The summed E-state index contributed by atoms with van der Waals surface area (Å²) in [6, 6.07) is 0.713. The molecule has 0 radical (unpaired) electrons. The predicted molar refractivity (Wildman–Crippen MR) is 48.0 cm³/mol. The van der Waals surface area contributed by atoms with Crippen LogP contribution in [0.25, 0.3) is 0 Å². The summed E-state index contributed by atoms with van der Waals surface area (Å²) in [7, 11) is -0.757. The van der Waals surface area contributed by atoms with Crippen LogP contribution in [0.1, 0.15) is 0 Å². The quantitative estimate of drug-likeness (QED) is 0.343. The van der Waals surface area contributed by atoms with Crippen LogP contribution < -0.4 is 0 Å². The SMILES string of the molecule is C=CC(=C)C(=O)C[SiH](C)C. The Morgan fingerprint density at radius 3 is 2.40 bits per heavy atom. The zero-order valence-electron chi connectivity index (χ0n) is 6.68. The second kappa shape index (κ2) is 4.23. The van der Waals surface area contributed by atoms with Crippen LogP contribution >= 0.6 is 0 Å². The predicted octanol–water partition coefficient (Wildman–Crippen LogP) is 1.78. The van der Waals surface area contributed by atoms with Crippen LogP contribution in [0, 0.1) is 0 Å². The molecule has 0 amide bonds. The number of hydrogen-bond acceptors (Lipinski definition) is 1. The van der Waals surface area contributed by atoms with E-state index in [-0.39, 0.29) is 5.78 Å². The fourth-order valence-electron chi connectivity index (χ4n) is 0.616. The van der Waals surface area contributed by atoms with Gasteiger partial charge in [0.25, 0.3) is 0 Å². The van der Waals surface area contributed by atoms with Gasteiger partial charge in [0.05, 0.1) is 0 Å². The van der Waals surface area contributed by atoms with Crippen LogP contribution in [0.4, 0.5) is 0 Å². The van der Waals surface area contributed by atoms with Crippen LogP contribution in [-0.2, 0) is 4.79 Å². The first kappa shape index (κ1) is 9.37. The maximum absolute atomic E-state index is 11.0. The van der Waals surface area contributed by atoms with Crippen molar-refractivity contribution in [3.05, 3.63) is 24.8 Å². The highest BCUT2D eigenvalue weighted by Crippen LogP contribution is 2.01. The molecule has 56 valence electrons. The molecule has 0 aromatic carbocycles. The molecule has 0 rings (SSSR count). The summed E-state index contributed by atoms with van der Waals surface area (Å²) in [5.41, 5.74) is 0.557. The molecule has 1 nitrogen and oxygen atoms in total. The highest BCUT2D eigenvalue weighted by Gasteiger charge is 2.06. The van der Waals surface area contributed by atoms with E-state index in [1.165, 1.54) is 6.08 Å². The monoisotopic (exact) mass is 154 g/mol. The molecule has 0 saturated heterocycles. The zero-order valence-corrected chi connectivity index (χ0v) is 7.84. The van der Waals surface area contributed by atoms with E-state index in [9.17, 15) is 4.79 Å². The molecule has 10 heavy (non-hydrogen) atoms. The van der Waals surface area contributed by atoms with Crippen molar-refractivity contribution >= 4 is 14.6 Å². The number of allylic oxidation sites excluding steroid dienone is 2. The summed E-state index contributed by atoms with van der Waals surface area (Å²) >= 11 is 0. The molecular weight excluding hydrogens is 140 g/mol. The smallest absolute Gasteiger partial charge is 0.159 e. The van der Waals surface area contributed by atoms with Gasteiger partial charge < -0.3 is 0 Å². The van der Waals surface area contributed by atoms with Gasteiger partial charge in [0.2, 0.25) is 0 Å². The second-order valence-corrected chi connectivity index (χ2v) is 5.95.